The maximum atomic E-state index is 13.0. The normalized spacial score (nSPS) is 14.5. The van der Waals surface area contributed by atoms with Gasteiger partial charge in [-0.1, -0.05) is 49.6 Å². The molecule has 1 aromatic heterocycles. The molecule has 0 saturated heterocycles. The van der Waals surface area contributed by atoms with Gasteiger partial charge in [0.15, 0.2) is 5.69 Å². The van der Waals surface area contributed by atoms with Gasteiger partial charge in [-0.2, -0.15) is 0 Å². The summed E-state index contributed by atoms with van der Waals surface area (Å²) in [7, 11) is 0. The topological polar surface area (TPSA) is 68.7 Å². The first-order valence-corrected chi connectivity index (χ1v) is 11.1. The fourth-order valence-electron chi connectivity index (χ4n) is 3.55. The number of rotatable bonds is 9. The predicted molar refractivity (Wildman–Crippen MR) is 112 cm³/mol. The van der Waals surface area contributed by atoms with Crippen LogP contribution in [0.4, 0.5) is 0 Å². The van der Waals surface area contributed by atoms with Crippen LogP contribution >= 0.6 is 11.3 Å². The van der Waals surface area contributed by atoms with Crippen LogP contribution in [0.15, 0.2) is 35.7 Å². The molecule has 2 aromatic rings. The van der Waals surface area contributed by atoms with Gasteiger partial charge >= 0.3 is 5.97 Å². The number of amides is 1. The van der Waals surface area contributed by atoms with Gasteiger partial charge in [-0.3, -0.25) is 4.79 Å². The monoisotopic (exact) mass is 416 g/mol. The van der Waals surface area contributed by atoms with Crippen molar-refractivity contribution in [3.63, 3.8) is 0 Å². The van der Waals surface area contributed by atoms with Gasteiger partial charge in [0.2, 0.25) is 5.91 Å². The fraction of sp³-hybridized carbons (Fsp3) is 0.500. The van der Waals surface area contributed by atoms with Crippen molar-refractivity contribution in [2.75, 3.05) is 13.2 Å². The molecule has 0 bridgehead atoms. The van der Waals surface area contributed by atoms with Gasteiger partial charge in [-0.25, -0.2) is 9.78 Å². The second-order valence-corrected chi connectivity index (χ2v) is 8.08. The molecule has 156 valence electrons. The van der Waals surface area contributed by atoms with Crippen LogP contribution in [0.5, 0.6) is 0 Å². The Hall–Kier alpha value is -2.25. The van der Waals surface area contributed by atoms with E-state index in [0.717, 1.165) is 36.3 Å². The number of carbonyl (C=O) groups is 2. The average Bonchev–Trinajstić information content (AvgIpc) is 3.22. The van der Waals surface area contributed by atoms with Gasteiger partial charge in [0, 0.05) is 11.4 Å². The van der Waals surface area contributed by atoms with Crippen LogP contribution in [0, 0.1) is 0 Å². The van der Waals surface area contributed by atoms with E-state index in [9.17, 15) is 9.59 Å². The number of hydrogen-bond donors (Lipinski definition) is 0. The molecule has 0 spiro atoms. The Kier molecular flexibility index (Phi) is 8.19. The zero-order valence-corrected chi connectivity index (χ0v) is 17.7. The number of esters is 1. The van der Waals surface area contributed by atoms with E-state index in [4.69, 9.17) is 9.47 Å². The summed E-state index contributed by atoms with van der Waals surface area (Å²) in [5.41, 5.74) is 1.35. The fourth-order valence-corrected chi connectivity index (χ4v) is 4.32. The molecule has 0 unspecified atom stereocenters. The van der Waals surface area contributed by atoms with E-state index in [0.29, 0.717) is 25.5 Å². The van der Waals surface area contributed by atoms with Crippen LogP contribution in [-0.4, -0.2) is 41.0 Å². The highest BCUT2D eigenvalue weighted by Gasteiger charge is 2.27. The molecular weight excluding hydrogens is 388 g/mol. The van der Waals surface area contributed by atoms with Crippen LogP contribution in [0.3, 0.4) is 0 Å². The summed E-state index contributed by atoms with van der Waals surface area (Å²) in [5.74, 6) is -0.447. The van der Waals surface area contributed by atoms with E-state index in [1.165, 1.54) is 17.8 Å². The summed E-state index contributed by atoms with van der Waals surface area (Å²) in [6, 6.07) is 10.0. The molecule has 0 aliphatic heterocycles. The van der Waals surface area contributed by atoms with Gasteiger partial charge in [-0.15, -0.1) is 11.3 Å². The molecule has 0 atom stereocenters. The Morgan fingerprint density at radius 1 is 1.17 bits per heavy atom. The summed E-state index contributed by atoms with van der Waals surface area (Å²) in [6.07, 6.45) is 5.48. The lowest BCUT2D eigenvalue weighted by molar-refractivity contribution is -0.140. The van der Waals surface area contributed by atoms with Crippen molar-refractivity contribution in [1.82, 2.24) is 9.88 Å². The minimum Gasteiger partial charge on any atom is -0.461 e. The van der Waals surface area contributed by atoms with Crippen molar-refractivity contribution in [1.29, 1.82) is 0 Å². The zero-order valence-electron chi connectivity index (χ0n) is 16.8. The molecular formula is C22H28N2O4S. The highest BCUT2D eigenvalue weighted by atomic mass is 32.1. The Bertz CT molecular complexity index is 787. The second kappa shape index (κ2) is 11.1. The summed E-state index contributed by atoms with van der Waals surface area (Å²) in [4.78, 5) is 31.1. The third kappa shape index (κ3) is 6.37. The lowest BCUT2D eigenvalue weighted by atomic mass is 9.94. The largest absolute Gasteiger partial charge is 0.461 e. The number of thiazole rings is 1. The minimum absolute atomic E-state index is 0.0271. The standard InChI is InChI=1S/C22H28N2O4S/c1-2-28-22(26)19-16-29-20(23-19)13-24(18-11-7-4-8-12-18)21(25)15-27-14-17-9-5-3-6-10-17/h3,5-6,9-10,16,18H,2,4,7-8,11-15H2,1H3. The maximum absolute atomic E-state index is 13.0. The summed E-state index contributed by atoms with van der Waals surface area (Å²) >= 11 is 1.39. The van der Waals surface area contributed by atoms with E-state index in [-0.39, 0.29) is 18.6 Å². The van der Waals surface area contributed by atoms with Gasteiger partial charge in [0.05, 0.1) is 19.8 Å². The van der Waals surface area contributed by atoms with Crippen LogP contribution in [0.1, 0.15) is 60.1 Å². The van der Waals surface area contributed by atoms with E-state index >= 15 is 0 Å². The summed E-state index contributed by atoms with van der Waals surface area (Å²) in [6.45, 7) is 2.94. The number of nitrogens with zero attached hydrogens (tertiary/aromatic N) is 2. The van der Waals surface area contributed by atoms with E-state index < -0.39 is 5.97 Å². The molecule has 1 aromatic carbocycles. The molecule has 0 N–H and O–H groups in total. The first-order valence-electron chi connectivity index (χ1n) is 10.2. The maximum Gasteiger partial charge on any atom is 0.357 e. The van der Waals surface area contributed by atoms with Gasteiger partial charge in [0.1, 0.15) is 11.6 Å². The van der Waals surface area contributed by atoms with Crippen LogP contribution in [0.25, 0.3) is 0 Å². The van der Waals surface area contributed by atoms with E-state index in [2.05, 4.69) is 4.98 Å². The van der Waals surface area contributed by atoms with Crippen LogP contribution in [-0.2, 0) is 27.4 Å². The minimum atomic E-state index is -0.420. The van der Waals surface area contributed by atoms with Gasteiger partial charge in [-0.05, 0) is 25.3 Å². The molecule has 1 saturated carbocycles. The second-order valence-electron chi connectivity index (χ2n) is 7.14. The lowest BCUT2D eigenvalue weighted by Gasteiger charge is -2.34. The Morgan fingerprint density at radius 2 is 1.93 bits per heavy atom. The van der Waals surface area contributed by atoms with E-state index in [1.807, 2.05) is 35.2 Å². The highest BCUT2D eigenvalue weighted by Crippen LogP contribution is 2.25. The molecule has 1 fully saturated rings. The lowest BCUT2D eigenvalue weighted by Crippen LogP contribution is -2.42. The third-order valence-corrected chi connectivity index (χ3v) is 5.85. The van der Waals surface area contributed by atoms with Crippen molar-refractivity contribution < 1.29 is 19.1 Å². The molecule has 1 aliphatic carbocycles. The zero-order chi connectivity index (χ0) is 20.5. The third-order valence-electron chi connectivity index (χ3n) is 5.01. The molecule has 3 rings (SSSR count). The smallest absolute Gasteiger partial charge is 0.357 e. The molecule has 1 amide bonds. The number of hydrogen-bond acceptors (Lipinski definition) is 6. The molecule has 29 heavy (non-hydrogen) atoms. The quantitative estimate of drug-likeness (QED) is 0.573. The Labute approximate surface area is 175 Å². The van der Waals surface area contributed by atoms with Gasteiger partial charge < -0.3 is 14.4 Å². The van der Waals surface area contributed by atoms with Crippen LogP contribution < -0.4 is 0 Å². The summed E-state index contributed by atoms with van der Waals surface area (Å²) in [5, 5.41) is 2.44. The first kappa shape index (κ1) is 21.5. The molecule has 7 heteroatoms. The van der Waals surface area contributed by atoms with Crippen molar-refractivity contribution >= 4 is 23.2 Å². The average molecular weight is 417 g/mol. The van der Waals surface area contributed by atoms with Crippen molar-refractivity contribution in [3.05, 3.63) is 52.0 Å². The SMILES string of the molecule is CCOC(=O)c1csc(CN(C(=O)COCc2ccccc2)C2CCCCC2)n1. The number of benzene rings is 1. The highest BCUT2D eigenvalue weighted by molar-refractivity contribution is 7.09. The van der Waals surface area contributed by atoms with Gasteiger partial charge in [0.25, 0.3) is 0 Å². The van der Waals surface area contributed by atoms with Crippen molar-refractivity contribution in [3.8, 4) is 0 Å². The number of carbonyl (C=O) groups excluding carboxylic acids is 2. The molecule has 0 radical (unpaired) electrons. The van der Waals surface area contributed by atoms with Crippen molar-refractivity contribution in [2.45, 2.75) is 58.2 Å². The Balaban J connectivity index is 1.62. The number of ether oxygens (including phenoxy) is 2. The number of aromatic nitrogens is 1. The Morgan fingerprint density at radius 3 is 2.66 bits per heavy atom. The van der Waals surface area contributed by atoms with Crippen molar-refractivity contribution in [2.24, 2.45) is 0 Å². The predicted octanol–water partition coefficient (Wildman–Crippen LogP) is 4.20. The summed E-state index contributed by atoms with van der Waals surface area (Å²) < 4.78 is 10.7. The molecule has 1 aliphatic rings. The molecule has 1 heterocycles. The van der Waals surface area contributed by atoms with Crippen LogP contribution in [0.2, 0.25) is 0 Å². The molecule has 6 nitrogen and oxygen atoms in total. The van der Waals surface area contributed by atoms with E-state index in [1.54, 1.807) is 12.3 Å². The first-order chi connectivity index (χ1) is 14.2.